The first-order valence-electron chi connectivity index (χ1n) is 4.42. The van der Waals surface area contributed by atoms with Crippen LogP contribution in [0, 0.1) is 11.3 Å². The molecule has 0 aliphatic carbocycles. The van der Waals surface area contributed by atoms with E-state index in [1.54, 1.807) is 0 Å². The van der Waals surface area contributed by atoms with Crippen LogP contribution in [0.5, 0.6) is 0 Å². The lowest BCUT2D eigenvalue weighted by Gasteiger charge is -2.26. The zero-order valence-electron chi connectivity index (χ0n) is 8.26. The summed E-state index contributed by atoms with van der Waals surface area (Å²) >= 11 is 0. The van der Waals surface area contributed by atoms with Crippen LogP contribution < -0.4 is 0 Å². The first-order chi connectivity index (χ1) is 5.33. The second-order valence-corrected chi connectivity index (χ2v) is 4.82. The minimum absolute atomic E-state index is 0.0689. The molecular formula is C9H18O3. The van der Waals surface area contributed by atoms with Crippen molar-refractivity contribution in [2.45, 2.75) is 46.5 Å². The van der Waals surface area contributed by atoms with Crippen LogP contribution in [0.15, 0.2) is 0 Å². The predicted molar refractivity (Wildman–Crippen MR) is 45.0 cm³/mol. The average Bonchev–Trinajstić information content (AvgIpc) is 2.40. The fourth-order valence-electron chi connectivity index (χ4n) is 1.89. The van der Waals surface area contributed by atoms with Gasteiger partial charge in [0.2, 0.25) is 0 Å². The molecule has 12 heavy (non-hydrogen) atoms. The lowest BCUT2D eigenvalue weighted by atomic mass is 9.80. The van der Waals surface area contributed by atoms with Gasteiger partial charge < -0.3 is 5.11 Å². The van der Waals surface area contributed by atoms with E-state index in [2.05, 4.69) is 37.5 Å². The summed E-state index contributed by atoms with van der Waals surface area (Å²) in [5.41, 5.74) is 0.0689. The summed E-state index contributed by atoms with van der Waals surface area (Å²) in [7, 11) is 0. The summed E-state index contributed by atoms with van der Waals surface area (Å²) in [6.45, 7) is 8.55. The summed E-state index contributed by atoms with van der Waals surface area (Å²) < 4.78 is 0. The van der Waals surface area contributed by atoms with Gasteiger partial charge in [0.1, 0.15) is 0 Å². The van der Waals surface area contributed by atoms with E-state index < -0.39 is 5.97 Å². The molecular weight excluding hydrogens is 156 g/mol. The highest BCUT2D eigenvalue weighted by molar-refractivity contribution is 4.76. The van der Waals surface area contributed by atoms with Crippen molar-refractivity contribution in [3.8, 4) is 0 Å². The van der Waals surface area contributed by atoms with Crippen molar-refractivity contribution >= 4 is 0 Å². The quantitative estimate of drug-likeness (QED) is 0.524. The molecule has 0 aromatic heterocycles. The van der Waals surface area contributed by atoms with Crippen LogP contribution in [0.25, 0.3) is 0 Å². The van der Waals surface area contributed by atoms with E-state index in [1.807, 2.05) is 0 Å². The minimum atomic E-state index is -1.28. The van der Waals surface area contributed by atoms with E-state index >= 15 is 0 Å². The normalized spacial score (nSPS) is 21.5. The van der Waals surface area contributed by atoms with Gasteiger partial charge >= 0.3 is 5.97 Å². The molecule has 1 aliphatic rings. The molecule has 3 heteroatoms. The maximum atomic E-state index is 9.33. The van der Waals surface area contributed by atoms with Crippen LogP contribution in [0.4, 0.5) is 0 Å². The summed E-state index contributed by atoms with van der Waals surface area (Å²) in [6, 6.07) is 0. The second-order valence-electron chi connectivity index (χ2n) is 4.82. The molecule has 1 heterocycles. The zero-order valence-corrected chi connectivity index (χ0v) is 8.26. The van der Waals surface area contributed by atoms with Gasteiger partial charge in [-0.05, 0) is 17.8 Å². The third-order valence-corrected chi connectivity index (χ3v) is 1.94. The van der Waals surface area contributed by atoms with Gasteiger partial charge in [0.05, 0.1) is 0 Å². The molecule has 1 N–H and O–H groups in total. The Hall–Kier alpha value is -0.120. The van der Waals surface area contributed by atoms with Gasteiger partial charge in [-0.2, -0.15) is 9.78 Å². The largest absolute Gasteiger partial charge is 0.340 e. The molecule has 3 nitrogen and oxygen atoms in total. The topological polar surface area (TPSA) is 45.3 Å². The van der Waals surface area contributed by atoms with Crippen LogP contribution >= 0.6 is 0 Å². The highest BCUT2D eigenvalue weighted by Crippen LogP contribution is 2.41. The molecule has 72 valence electrons. The van der Waals surface area contributed by atoms with Crippen LogP contribution in [0.1, 0.15) is 40.5 Å². The van der Waals surface area contributed by atoms with E-state index in [4.69, 9.17) is 0 Å². The molecule has 1 saturated heterocycles. The van der Waals surface area contributed by atoms with Crippen LogP contribution in [-0.4, -0.2) is 11.1 Å². The molecule has 1 rings (SSSR count). The van der Waals surface area contributed by atoms with E-state index in [-0.39, 0.29) is 5.41 Å². The van der Waals surface area contributed by atoms with Crippen LogP contribution in [0.3, 0.4) is 0 Å². The molecule has 0 aromatic rings. The number of rotatable bonds is 4. The van der Waals surface area contributed by atoms with Crippen molar-refractivity contribution in [2.75, 3.05) is 0 Å². The molecule has 0 spiro atoms. The molecule has 0 amide bonds. The Balaban J connectivity index is 2.37. The first-order valence-corrected chi connectivity index (χ1v) is 4.42. The van der Waals surface area contributed by atoms with Gasteiger partial charge in [0.15, 0.2) is 0 Å². The van der Waals surface area contributed by atoms with Gasteiger partial charge in [-0.3, -0.25) is 0 Å². The van der Waals surface area contributed by atoms with Gasteiger partial charge in [0, 0.05) is 6.42 Å². The number of aliphatic hydroxyl groups is 1. The van der Waals surface area contributed by atoms with Crippen molar-refractivity contribution in [3.63, 3.8) is 0 Å². The van der Waals surface area contributed by atoms with Gasteiger partial charge in [0.25, 0.3) is 0 Å². The lowest BCUT2D eigenvalue weighted by Crippen LogP contribution is -2.24. The Morgan fingerprint density at radius 2 is 1.83 bits per heavy atom. The van der Waals surface area contributed by atoms with E-state index in [0.717, 1.165) is 6.42 Å². The van der Waals surface area contributed by atoms with E-state index in [1.165, 1.54) is 0 Å². The Bertz CT molecular complexity index is 159. The van der Waals surface area contributed by atoms with E-state index in [0.29, 0.717) is 12.3 Å². The first kappa shape index (κ1) is 9.96. The highest BCUT2D eigenvalue weighted by atomic mass is 17.4. The summed E-state index contributed by atoms with van der Waals surface area (Å²) in [5, 5.41) is 9.33. The van der Waals surface area contributed by atoms with Crippen molar-refractivity contribution in [2.24, 2.45) is 11.3 Å². The van der Waals surface area contributed by atoms with Crippen LogP contribution in [-0.2, 0) is 9.78 Å². The van der Waals surface area contributed by atoms with Crippen LogP contribution in [0.2, 0.25) is 0 Å². The third kappa shape index (κ3) is 3.09. The third-order valence-electron chi connectivity index (χ3n) is 1.94. The number of hydrogen-bond acceptors (Lipinski definition) is 3. The standard InChI is InChI=1S/C9H18O3/c1-7(2)5-8(3,4)6-9(10)11-12-9/h7,10H,5-6H2,1-4H3. The van der Waals surface area contributed by atoms with Crippen molar-refractivity contribution in [1.29, 1.82) is 0 Å². The Kier molecular flexibility index (Phi) is 2.47. The molecule has 1 aliphatic heterocycles. The monoisotopic (exact) mass is 174 g/mol. The lowest BCUT2D eigenvalue weighted by molar-refractivity contribution is -0.0161. The summed E-state index contributed by atoms with van der Waals surface area (Å²) in [4.78, 5) is 8.94. The molecule has 0 unspecified atom stereocenters. The molecule has 0 atom stereocenters. The molecule has 0 radical (unpaired) electrons. The molecule has 0 saturated carbocycles. The maximum absolute atomic E-state index is 9.33. The van der Waals surface area contributed by atoms with E-state index in [9.17, 15) is 5.11 Å². The predicted octanol–water partition coefficient (Wildman–Crippen LogP) is 2.06. The zero-order chi connectivity index (χ0) is 9.41. The number of hydrogen-bond donors (Lipinski definition) is 1. The fourth-order valence-corrected chi connectivity index (χ4v) is 1.89. The smallest absolute Gasteiger partial charge is 0.338 e. The molecule has 1 fully saturated rings. The Morgan fingerprint density at radius 1 is 1.33 bits per heavy atom. The highest BCUT2D eigenvalue weighted by Gasteiger charge is 2.50. The fraction of sp³-hybridized carbons (Fsp3) is 1.00. The van der Waals surface area contributed by atoms with Gasteiger partial charge in [-0.25, -0.2) is 0 Å². The van der Waals surface area contributed by atoms with Crippen molar-refractivity contribution in [1.82, 2.24) is 0 Å². The Morgan fingerprint density at radius 3 is 2.17 bits per heavy atom. The minimum Gasteiger partial charge on any atom is -0.340 e. The van der Waals surface area contributed by atoms with Gasteiger partial charge in [-0.15, -0.1) is 0 Å². The van der Waals surface area contributed by atoms with Crippen molar-refractivity contribution < 1.29 is 14.9 Å². The molecule has 0 bridgehead atoms. The summed E-state index contributed by atoms with van der Waals surface area (Å²) in [6.07, 6.45) is 1.60. The second kappa shape index (κ2) is 2.98. The average molecular weight is 174 g/mol. The van der Waals surface area contributed by atoms with Crippen molar-refractivity contribution in [3.05, 3.63) is 0 Å². The summed E-state index contributed by atoms with van der Waals surface area (Å²) in [5.74, 6) is -0.652. The van der Waals surface area contributed by atoms with Gasteiger partial charge in [-0.1, -0.05) is 27.7 Å². The molecule has 0 aromatic carbocycles. The Labute approximate surface area is 73.6 Å². The SMILES string of the molecule is CC(C)CC(C)(C)CC1(O)OO1. The maximum Gasteiger partial charge on any atom is 0.338 e.